The highest BCUT2D eigenvalue weighted by molar-refractivity contribution is 5.83. The number of hydrogen-bond donors (Lipinski definition) is 1. The molecule has 2 aromatic rings. The summed E-state index contributed by atoms with van der Waals surface area (Å²) in [5.41, 5.74) is 0.927. The van der Waals surface area contributed by atoms with E-state index in [0.717, 1.165) is 5.56 Å². The topological polar surface area (TPSA) is 50.2 Å². The van der Waals surface area contributed by atoms with Crippen molar-refractivity contribution < 1.29 is 4.79 Å². The Labute approximate surface area is 125 Å². The van der Waals surface area contributed by atoms with E-state index in [1.54, 1.807) is 10.9 Å². The molecule has 0 aliphatic carbocycles. The van der Waals surface area contributed by atoms with Crippen molar-refractivity contribution in [1.82, 2.24) is 20.0 Å². The molecule has 1 aromatic carbocycles. The molecule has 5 heteroatoms. The van der Waals surface area contributed by atoms with Crippen molar-refractivity contribution in [3.05, 3.63) is 54.4 Å². The van der Waals surface area contributed by atoms with E-state index >= 15 is 0 Å². The van der Waals surface area contributed by atoms with E-state index in [2.05, 4.69) is 22.2 Å². The van der Waals surface area contributed by atoms with Crippen molar-refractivity contribution in [2.24, 2.45) is 0 Å². The Bertz CT molecular complexity index is 551. The van der Waals surface area contributed by atoms with Gasteiger partial charge in [0.05, 0.1) is 0 Å². The van der Waals surface area contributed by atoms with Gasteiger partial charge in [-0.15, -0.1) is 0 Å². The fourth-order valence-corrected chi connectivity index (χ4v) is 2.02. The Morgan fingerprint density at radius 3 is 2.57 bits per heavy atom. The normalized spacial score (nSPS) is 13.9. The molecule has 1 amide bonds. The quantitative estimate of drug-likeness (QED) is 0.876. The van der Waals surface area contributed by atoms with Crippen LogP contribution in [0, 0.1) is 0 Å². The Hall–Kier alpha value is -2.14. The van der Waals surface area contributed by atoms with Crippen LogP contribution in [0.5, 0.6) is 0 Å². The van der Waals surface area contributed by atoms with Gasteiger partial charge in [-0.3, -0.25) is 9.48 Å². The molecule has 1 heterocycles. The van der Waals surface area contributed by atoms with Crippen LogP contribution in [0.1, 0.15) is 18.5 Å². The van der Waals surface area contributed by atoms with Gasteiger partial charge < -0.3 is 10.2 Å². The van der Waals surface area contributed by atoms with Crippen LogP contribution in [0.4, 0.5) is 0 Å². The predicted octanol–water partition coefficient (Wildman–Crippen LogP) is 1.54. The molecule has 0 fully saturated rings. The minimum atomic E-state index is -0.435. The van der Waals surface area contributed by atoms with Crippen molar-refractivity contribution in [3.8, 4) is 0 Å². The third kappa shape index (κ3) is 3.92. The van der Waals surface area contributed by atoms with Crippen molar-refractivity contribution in [2.75, 3.05) is 20.6 Å². The number of amides is 1. The highest BCUT2D eigenvalue weighted by Crippen LogP contribution is 2.17. The molecular weight excluding hydrogens is 264 g/mol. The highest BCUT2D eigenvalue weighted by Gasteiger charge is 2.23. The summed E-state index contributed by atoms with van der Waals surface area (Å²) in [6.45, 7) is 2.68. The smallest absolute Gasteiger partial charge is 0.249 e. The lowest BCUT2D eigenvalue weighted by Gasteiger charge is -2.23. The van der Waals surface area contributed by atoms with E-state index in [-0.39, 0.29) is 11.9 Å². The SMILES string of the molecule is C[C@@H](CNC(=O)[C@@H](c1ccccc1)n1cccn1)N(C)C. The Kier molecular flexibility index (Phi) is 5.11. The van der Waals surface area contributed by atoms with Crippen LogP contribution >= 0.6 is 0 Å². The number of benzene rings is 1. The largest absolute Gasteiger partial charge is 0.352 e. The second kappa shape index (κ2) is 7.04. The van der Waals surface area contributed by atoms with Crippen LogP contribution in [-0.4, -0.2) is 47.3 Å². The summed E-state index contributed by atoms with van der Waals surface area (Å²) in [6, 6.07) is 11.4. The first kappa shape index (κ1) is 15.3. The molecule has 0 unspecified atom stereocenters. The molecule has 0 radical (unpaired) electrons. The van der Waals surface area contributed by atoms with Crippen LogP contribution in [0.2, 0.25) is 0 Å². The molecule has 0 saturated heterocycles. The maximum atomic E-state index is 12.6. The van der Waals surface area contributed by atoms with Crippen LogP contribution < -0.4 is 5.32 Å². The Balaban J connectivity index is 2.15. The average Bonchev–Trinajstić information content (AvgIpc) is 3.00. The van der Waals surface area contributed by atoms with Crippen LogP contribution in [0.3, 0.4) is 0 Å². The van der Waals surface area contributed by atoms with Crippen molar-refractivity contribution in [2.45, 2.75) is 19.0 Å². The monoisotopic (exact) mass is 286 g/mol. The maximum Gasteiger partial charge on any atom is 0.249 e. The van der Waals surface area contributed by atoms with Gasteiger partial charge in [0.15, 0.2) is 6.04 Å². The highest BCUT2D eigenvalue weighted by atomic mass is 16.2. The lowest BCUT2D eigenvalue weighted by molar-refractivity contribution is -0.123. The zero-order valence-electron chi connectivity index (χ0n) is 12.7. The van der Waals surface area contributed by atoms with E-state index < -0.39 is 6.04 Å². The molecule has 2 rings (SSSR count). The second-order valence-electron chi connectivity index (χ2n) is 5.36. The van der Waals surface area contributed by atoms with Gasteiger partial charge in [0, 0.05) is 25.0 Å². The maximum absolute atomic E-state index is 12.6. The minimum Gasteiger partial charge on any atom is -0.352 e. The van der Waals surface area contributed by atoms with Crippen molar-refractivity contribution in [3.63, 3.8) is 0 Å². The number of nitrogens with zero attached hydrogens (tertiary/aromatic N) is 3. The Morgan fingerprint density at radius 2 is 2.00 bits per heavy atom. The molecule has 1 aromatic heterocycles. The van der Waals surface area contributed by atoms with Gasteiger partial charge in [0.2, 0.25) is 5.91 Å². The summed E-state index contributed by atoms with van der Waals surface area (Å²) < 4.78 is 1.69. The summed E-state index contributed by atoms with van der Waals surface area (Å²) in [7, 11) is 4.00. The lowest BCUT2D eigenvalue weighted by Crippen LogP contribution is -2.41. The van der Waals surface area contributed by atoms with E-state index in [9.17, 15) is 4.79 Å². The zero-order chi connectivity index (χ0) is 15.2. The summed E-state index contributed by atoms with van der Waals surface area (Å²) in [5, 5.41) is 7.23. The summed E-state index contributed by atoms with van der Waals surface area (Å²) in [5.74, 6) is -0.0430. The summed E-state index contributed by atoms with van der Waals surface area (Å²) in [6.07, 6.45) is 3.50. The van der Waals surface area contributed by atoms with Gasteiger partial charge in [-0.1, -0.05) is 30.3 Å². The number of hydrogen-bond acceptors (Lipinski definition) is 3. The van der Waals surface area contributed by atoms with E-state index in [0.29, 0.717) is 6.54 Å². The third-order valence-electron chi connectivity index (χ3n) is 3.61. The molecule has 1 N–H and O–H groups in total. The molecule has 0 saturated carbocycles. The molecule has 0 bridgehead atoms. The lowest BCUT2D eigenvalue weighted by atomic mass is 10.1. The van der Waals surface area contributed by atoms with Gasteiger partial charge in [-0.25, -0.2) is 0 Å². The van der Waals surface area contributed by atoms with Gasteiger partial charge in [-0.2, -0.15) is 5.10 Å². The van der Waals surface area contributed by atoms with Crippen molar-refractivity contribution in [1.29, 1.82) is 0 Å². The predicted molar refractivity (Wildman–Crippen MR) is 83.0 cm³/mol. The number of carbonyl (C=O) groups excluding carboxylic acids is 1. The first-order chi connectivity index (χ1) is 10.1. The fraction of sp³-hybridized carbons (Fsp3) is 0.375. The second-order valence-corrected chi connectivity index (χ2v) is 5.36. The molecular formula is C16H22N4O. The molecule has 0 aliphatic heterocycles. The van der Waals surface area contributed by atoms with Crippen LogP contribution in [0.25, 0.3) is 0 Å². The van der Waals surface area contributed by atoms with Crippen molar-refractivity contribution >= 4 is 5.91 Å². The molecule has 21 heavy (non-hydrogen) atoms. The summed E-state index contributed by atoms with van der Waals surface area (Å²) in [4.78, 5) is 14.7. The summed E-state index contributed by atoms with van der Waals surface area (Å²) >= 11 is 0. The number of carbonyl (C=O) groups is 1. The van der Waals surface area contributed by atoms with Gasteiger partial charge in [0.1, 0.15) is 0 Å². The first-order valence-corrected chi connectivity index (χ1v) is 7.08. The van der Waals surface area contributed by atoms with Gasteiger partial charge in [0.25, 0.3) is 0 Å². The van der Waals surface area contributed by atoms with E-state index in [1.165, 1.54) is 0 Å². The average molecular weight is 286 g/mol. The first-order valence-electron chi connectivity index (χ1n) is 7.08. The number of likely N-dealkylation sites (N-methyl/N-ethyl adjacent to an activating group) is 1. The molecule has 112 valence electrons. The number of nitrogens with one attached hydrogen (secondary N) is 1. The van der Waals surface area contributed by atoms with E-state index in [4.69, 9.17) is 0 Å². The standard InChI is InChI=1S/C16H22N4O/c1-13(19(2)3)12-17-16(21)15(20-11-7-10-18-20)14-8-5-4-6-9-14/h4-11,13,15H,12H2,1-3H3,(H,17,21)/t13-,15+/m0/s1. The molecule has 2 atom stereocenters. The van der Waals surface area contributed by atoms with Crippen LogP contribution in [-0.2, 0) is 4.79 Å². The van der Waals surface area contributed by atoms with Gasteiger partial charge in [-0.05, 0) is 32.6 Å². The van der Waals surface area contributed by atoms with Crippen LogP contribution in [0.15, 0.2) is 48.8 Å². The molecule has 5 nitrogen and oxygen atoms in total. The molecule has 0 aliphatic rings. The zero-order valence-corrected chi connectivity index (χ0v) is 12.7. The van der Waals surface area contributed by atoms with Gasteiger partial charge >= 0.3 is 0 Å². The number of aromatic nitrogens is 2. The fourth-order valence-electron chi connectivity index (χ4n) is 2.02. The Morgan fingerprint density at radius 1 is 1.29 bits per heavy atom. The molecule has 0 spiro atoms. The number of rotatable bonds is 6. The minimum absolute atomic E-state index is 0.0430. The third-order valence-corrected chi connectivity index (χ3v) is 3.61. The van der Waals surface area contributed by atoms with E-state index in [1.807, 2.05) is 56.7 Å².